The first-order valence-corrected chi connectivity index (χ1v) is 6.35. The van der Waals surface area contributed by atoms with Crippen molar-refractivity contribution < 1.29 is 9.90 Å². The van der Waals surface area contributed by atoms with Crippen LogP contribution in [0.3, 0.4) is 0 Å². The molecule has 1 aromatic carbocycles. The minimum Gasteiger partial charge on any atom is -0.477 e. The summed E-state index contributed by atoms with van der Waals surface area (Å²) in [5.41, 5.74) is 2.94. The third-order valence-corrected chi connectivity index (χ3v) is 3.18. The lowest BCUT2D eigenvalue weighted by atomic mass is 9.99. The molecule has 19 heavy (non-hydrogen) atoms. The summed E-state index contributed by atoms with van der Waals surface area (Å²) in [4.78, 5) is 11.4. The number of carbonyl (C=O) groups is 1. The second kappa shape index (κ2) is 6.20. The summed E-state index contributed by atoms with van der Waals surface area (Å²) < 4.78 is 0. The molecule has 0 saturated heterocycles. The molecule has 0 aromatic heterocycles. The Morgan fingerprint density at radius 3 is 2.63 bits per heavy atom. The third kappa shape index (κ3) is 3.45. The van der Waals surface area contributed by atoms with Gasteiger partial charge >= 0.3 is 5.97 Å². The Morgan fingerprint density at radius 2 is 2.05 bits per heavy atom. The number of hydrogen-bond donors (Lipinski definition) is 3. The molecular formula is C15H18N2O2. The normalized spacial score (nSPS) is 16.4. The van der Waals surface area contributed by atoms with Crippen molar-refractivity contribution in [2.75, 3.05) is 18.4 Å². The van der Waals surface area contributed by atoms with Gasteiger partial charge in [0.2, 0.25) is 0 Å². The lowest BCUT2D eigenvalue weighted by Crippen LogP contribution is -2.22. The molecule has 100 valence electrons. The molecule has 3 N–H and O–H groups in total. The molecule has 0 amide bonds. The first-order valence-electron chi connectivity index (χ1n) is 6.35. The van der Waals surface area contributed by atoms with E-state index in [2.05, 4.69) is 16.7 Å². The van der Waals surface area contributed by atoms with Crippen LogP contribution in [0.5, 0.6) is 0 Å². The molecule has 0 radical (unpaired) electrons. The van der Waals surface area contributed by atoms with Crippen molar-refractivity contribution in [3.63, 3.8) is 0 Å². The topological polar surface area (TPSA) is 61.4 Å². The number of carboxylic acid groups (broad SMARTS) is 1. The Balaban J connectivity index is 2.28. The summed E-state index contributed by atoms with van der Waals surface area (Å²) in [7, 11) is 0. The summed E-state index contributed by atoms with van der Waals surface area (Å²) in [5, 5.41) is 15.6. The van der Waals surface area contributed by atoms with Crippen molar-refractivity contribution in [2.24, 2.45) is 0 Å². The second-order valence-electron chi connectivity index (χ2n) is 4.48. The molecular weight excluding hydrogens is 240 g/mol. The molecule has 1 heterocycles. The van der Waals surface area contributed by atoms with Crippen LogP contribution < -0.4 is 10.6 Å². The van der Waals surface area contributed by atoms with Crippen LogP contribution in [-0.4, -0.2) is 24.2 Å². The maximum atomic E-state index is 11.4. The molecule has 1 aliphatic rings. The molecule has 1 aromatic rings. The zero-order chi connectivity index (χ0) is 13.7. The zero-order valence-electron chi connectivity index (χ0n) is 10.9. The largest absolute Gasteiger partial charge is 0.477 e. The standard InChI is InChI=1S/C15H18N2O2/c1-11(12-7-9-16-10-8-12)14(15(18)19)17-13-5-3-2-4-6-13/h2-7,16-17H,8-10H2,1H3,(H,18,19)/b14-11+. The van der Waals surface area contributed by atoms with Gasteiger partial charge in [0.1, 0.15) is 5.70 Å². The van der Waals surface area contributed by atoms with Gasteiger partial charge in [-0.15, -0.1) is 0 Å². The smallest absolute Gasteiger partial charge is 0.352 e. The van der Waals surface area contributed by atoms with Gasteiger partial charge in [0.15, 0.2) is 0 Å². The molecule has 0 aliphatic carbocycles. The fourth-order valence-electron chi connectivity index (χ4n) is 2.10. The number of para-hydroxylation sites is 1. The first-order chi connectivity index (χ1) is 9.18. The summed E-state index contributed by atoms with van der Waals surface area (Å²) in [6.07, 6.45) is 2.91. The summed E-state index contributed by atoms with van der Waals surface area (Å²) in [5.74, 6) is -0.930. The van der Waals surface area contributed by atoms with Crippen LogP contribution in [0.2, 0.25) is 0 Å². The van der Waals surface area contributed by atoms with E-state index in [0.29, 0.717) is 0 Å². The van der Waals surface area contributed by atoms with Gasteiger partial charge in [0.25, 0.3) is 0 Å². The molecule has 0 spiro atoms. The summed E-state index contributed by atoms with van der Waals surface area (Å²) >= 11 is 0. The van der Waals surface area contributed by atoms with E-state index in [1.54, 1.807) is 0 Å². The lowest BCUT2D eigenvalue weighted by molar-refractivity contribution is -0.132. The van der Waals surface area contributed by atoms with E-state index in [9.17, 15) is 9.90 Å². The zero-order valence-corrected chi connectivity index (χ0v) is 10.9. The van der Waals surface area contributed by atoms with Gasteiger partial charge < -0.3 is 15.7 Å². The molecule has 4 heteroatoms. The highest BCUT2D eigenvalue weighted by atomic mass is 16.4. The van der Waals surface area contributed by atoms with Crippen molar-refractivity contribution in [3.8, 4) is 0 Å². The number of carboxylic acids is 1. The summed E-state index contributed by atoms with van der Waals surface area (Å²) in [6.45, 7) is 3.54. The van der Waals surface area contributed by atoms with E-state index in [4.69, 9.17) is 0 Å². The van der Waals surface area contributed by atoms with Crippen molar-refractivity contribution in [1.82, 2.24) is 5.32 Å². The van der Waals surface area contributed by atoms with E-state index >= 15 is 0 Å². The van der Waals surface area contributed by atoms with Gasteiger partial charge in [-0.2, -0.15) is 0 Å². The fraction of sp³-hybridized carbons (Fsp3) is 0.267. The van der Waals surface area contributed by atoms with E-state index in [1.807, 2.05) is 37.3 Å². The van der Waals surface area contributed by atoms with Gasteiger partial charge in [0.05, 0.1) is 0 Å². The predicted octanol–water partition coefficient (Wildman–Crippen LogP) is 2.38. The number of hydrogen-bond acceptors (Lipinski definition) is 3. The van der Waals surface area contributed by atoms with E-state index < -0.39 is 5.97 Å². The average molecular weight is 258 g/mol. The Kier molecular flexibility index (Phi) is 4.36. The maximum absolute atomic E-state index is 11.4. The van der Waals surface area contributed by atoms with Crippen LogP contribution in [0.1, 0.15) is 13.3 Å². The minimum absolute atomic E-state index is 0.249. The van der Waals surface area contributed by atoms with E-state index in [-0.39, 0.29) is 5.70 Å². The first kappa shape index (κ1) is 13.4. The van der Waals surface area contributed by atoms with E-state index in [1.165, 1.54) is 0 Å². The molecule has 4 nitrogen and oxygen atoms in total. The van der Waals surface area contributed by atoms with Gasteiger partial charge in [-0.3, -0.25) is 0 Å². The molecule has 1 aliphatic heterocycles. The average Bonchev–Trinajstić information content (AvgIpc) is 2.46. The van der Waals surface area contributed by atoms with Crippen molar-refractivity contribution in [1.29, 1.82) is 0 Å². The number of allylic oxidation sites excluding steroid dienone is 1. The van der Waals surface area contributed by atoms with Crippen LogP contribution in [0.4, 0.5) is 5.69 Å². The molecule has 0 atom stereocenters. The Bertz CT molecular complexity index is 518. The number of rotatable bonds is 4. The SMILES string of the molecule is C/C(C1=CCNCC1)=C(\Nc1ccccc1)C(=O)O. The van der Waals surface area contributed by atoms with Crippen molar-refractivity contribution in [3.05, 3.63) is 53.3 Å². The Morgan fingerprint density at radius 1 is 1.32 bits per heavy atom. The lowest BCUT2D eigenvalue weighted by Gasteiger charge is -2.17. The van der Waals surface area contributed by atoms with Crippen molar-refractivity contribution in [2.45, 2.75) is 13.3 Å². The number of aliphatic carboxylic acids is 1. The molecule has 0 unspecified atom stereocenters. The molecule has 0 fully saturated rings. The maximum Gasteiger partial charge on any atom is 0.352 e. The minimum atomic E-state index is -0.930. The Labute approximate surface area is 112 Å². The third-order valence-electron chi connectivity index (χ3n) is 3.18. The van der Waals surface area contributed by atoms with Gasteiger partial charge in [-0.25, -0.2) is 4.79 Å². The second-order valence-corrected chi connectivity index (χ2v) is 4.48. The van der Waals surface area contributed by atoms with Crippen LogP contribution >= 0.6 is 0 Å². The highest BCUT2D eigenvalue weighted by molar-refractivity contribution is 5.92. The van der Waals surface area contributed by atoms with E-state index in [0.717, 1.165) is 36.3 Å². The monoisotopic (exact) mass is 258 g/mol. The molecule has 0 bridgehead atoms. The van der Waals surface area contributed by atoms with Gasteiger partial charge in [-0.05, 0) is 43.2 Å². The number of benzene rings is 1. The highest BCUT2D eigenvalue weighted by Gasteiger charge is 2.15. The van der Waals surface area contributed by atoms with Gasteiger partial charge in [0, 0.05) is 12.2 Å². The quantitative estimate of drug-likeness (QED) is 0.726. The van der Waals surface area contributed by atoms with Crippen LogP contribution in [0.25, 0.3) is 0 Å². The summed E-state index contributed by atoms with van der Waals surface area (Å²) in [6, 6.07) is 9.36. The highest BCUT2D eigenvalue weighted by Crippen LogP contribution is 2.21. The van der Waals surface area contributed by atoms with Crippen LogP contribution in [0, 0.1) is 0 Å². The van der Waals surface area contributed by atoms with Crippen LogP contribution in [-0.2, 0) is 4.79 Å². The Hall–Kier alpha value is -2.07. The number of nitrogens with one attached hydrogen (secondary N) is 2. The number of anilines is 1. The van der Waals surface area contributed by atoms with Crippen LogP contribution in [0.15, 0.2) is 53.3 Å². The molecule has 0 saturated carbocycles. The fourth-order valence-corrected chi connectivity index (χ4v) is 2.10. The van der Waals surface area contributed by atoms with Gasteiger partial charge in [-0.1, -0.05) is 24.3 Å². The predicted molar refractivity (Wildman–Crippen MR) is 76.0 cm³/mol. The van der Waals surface area contributed by atoms with Crippen molar-refractivity contribution >= 4 is 11.7 Å². The molecule has 2 rings (SSSR count).